The van der Waals surface area contributed by atoms with Crippen molar-refractivity contribution in [1.29, 1.82) is 0 Å². The normalized spacial score (nSPS) is 10.2. The summed E-state index contributed by atoms with van der Waals surface area (Å²) in [5.74, 6) is -0.901. The van der Waals surface area contributed by atoms with E-state index in [-0.39, 0.29) is 30.7 Å². The molecule has 0 fully saturated rings. The number of hydrogen-bond donors (Lipinski definition) is 1. The molecule has 0 saturated heterocycles. The van der Waals surface area contributed by atoms with E-state index in [2.05, 4.69) is 5.32 Å². The second-order valence-corrected chi connectivity index (χ2v) is 5.55. The van der Waals surface area contributed by atoms with Crippen LogP contribution in [0, 0.1) is 5.82 Å². The predicted octanol–water partition coefficient (Wildman–Crippen LogP) is 2.53. The van der Waals surface area contributed by atoms with Crippen molar-refractivity contribution in [2.24, 2.45) is 0 Å². The van der Waals surface area contributed by atoms with Crippen molar-refractivity contribution in [3.05, 3.63) is 71.5 Å². The van der Waals surface area contributed by atoms with Gasteiger partial charge in [0.15, 0.2) is 0 Å². The van der Waals surface area contributed by atoms with E-state index in [1.54, 1.807) is 18.2 Å². The number of carbonyl (C=O) groups is 2. The van der Waals surface area contributed by atoms with E-state index in [4.69, 9.17) is 0 Å². The third-order valence-corrected chi connectivity index (χ3v) is 3.68. The first-order valence-corrected chi connectivity index (χ1v) is 7.86. The van der Waals surface area contributed by atoms with Crippen molar-refractivity contribution < 1.29 is 14.0 Å². The molecule has 0 aromatic heterocycles. The van der Waals surface area contributed by atoms with Crippen molar-refractivity contribution >= 4 is 11.8 Å². The lowest BCUT2D eigenvalue weighted by molar-refractivity contribution is -0.134. The third-order valence-electron chi connectivity index (χ3n) is 3.68. The average Bonchev–Trinajstić information content (AvgIpc) is 2.57. The lowest BCUT2D eigenvalue weighted by Gasteiger charge is -2.21. The van der Waals surface area contributed by atoms with Crippen molar-refractivity contribution in [2.45, 2.75) is 19.9 Å². The summed E-state index contributed by atoms with van der Waals surface area (Å²) in [4.78, 5) is 25.1. The first kappa shape index (κ1) is 17.7. The Balaban J connectivity index is 1.85. The molecule has 0 aliphatic heterocycles. The summed E-state index contributed by atoms with van der Waals surface area (Å²) in [7, 11) is 0. The van der Waals surface area contributed by atoms with Gasteiger partial charge in [0, 0.05) is 25.6 Å². The van der Waals surface area contributed by atoms with Crippen LogP contribution in [0.5, 0.6) is 0 Å². The van der Waals surface area contributed by atoms with Crippen LogP contribution in [0.25, 0.3) is 0 Å². The van der Waals surface area contributed by atoms with Crippen LogP contribution < -0.4 is 5.32 Å². The summed E-state index contributed by atoms with van der Waals surface area (Å²) in [5.41, 5.74) is 1.53. The number of hydrogen-bond acceptors (Lipinski definition) is 2. The standard InChI is InChI=1S/C19H21FN2O2/c1-15(23)22(13-17-9-5-6-10-18(17)20)14-19(24)21-12-11-16-7-3-2-4-8-16/h2-10H,11-14H2,1H3,(H,21,24). The first-order chi connectivity index (χ1) is 11.6. The molecule has 2 aromatic carbocycles. The van der Waals surface area contributed by atoms with Gasteiger partial charge in [-0.2, -0.15) is 0 Å². The molecule has 2 rings (SSSR count). The number of carbonyl (C=O) groups excluding carboxylic acids is 2. The molecule has 126 valence electrons. The van der Waals surface area contributed by atoms with Gasteiger partial charge in [0.2, 0.25) is 11.8 Å². The Morgan fingerprint density at radius 1 is 1.04 bits per heavy atom. The Labute approximate surface area is 141 Å². The van der Waals surface area contributed by atoms with E-state index in [1.807, 2.05) is 30.3 Å². The number of benzene rings is 2. The summed E-state index contributed by atoms with van der Waals surface area (Å²) in [5, 5.41) is 2.79. The first-order valence-electron chi connectivity index (χ1n) is 7.86. The predicted molar refractivity (Wildman–Crippen MR) is 90.6 cm³/mol. The van der Waals surface area contributed by atoms with Crippen molar-refractivity contribution in [3.8, 4) is 0 Å². The molecule has 24 heavy (non-hydrogen) atoms. The van der Waals surface area contributed by atoms with E-state index in [0.717, 1.165) is 12.0 Å². The van der Waals surface area contributed by atoms with Crippen LogP contribution in [0.3, 0.4) is 0 Å². The quantitative estimate of drug-likeness (QED) is 0.849. The lowest BCUT2D eigenvalue weighted by Crippen LogP contribution is -2.40. The van der Waals surface area contributed by atoms with Crippen molar-refractivity contribution in [1.82, 2.24) is 10.2 Å². The summed E-state index contributed by atoms with van der Waals surface area (Å²) in [6.45, 7) is 1.86. The van der Waals surface area contributed by atoms with Crippen LogP contribution in [0.4, 0.5) is 4.39 Å². The van der Waals surface area contributed by atoms with Crippen LogP contribution in [0.1, 0.15) is 18.1 Å². The minimum atomic E-state index is -0.381. The second-order valence-electron chi connectivity index (χ2n) is 5.55. The van der Waals surface area contributed by atoms with E-state index in [0.29, 0.717) is 12.1 Å². The van der Waals surface area contributed by atoms with Gasteiger partial charge in [-0.25, -0.2) is 4.39 Å². The van der Waals surface area contributed by atoms with Gasteiger partial charge in [0.1, 0.15) is 5.82 Å². The number of rotatable bonds is 7. The lowest BCUT2D eigenvalue weighted by atomic mass is 10.1. The van der Waals surface area contributed by atoms with Gasteiger partial charge in [0.05, 0.1) is 6.54 Å². The molecule has 0 spiro atoms. The highest BCUT2D eigenvalue weighted by atomic mass is 19.1. The molecule has 5 heteroatoms. The van der Waals surface area contributed by atoms with E-state index in [1.165, 1.54) is 17.9 Å². The summed E-state index contributed by atoms with van der Waals surface area (Å²) >= 11 is 0. The molecule has 0 heterocycles. The Kier molecular flexibility index (Phi) is 6.49. The monoisotopic (exact) mass is 328 g/mol. The molecule has 0 unspecified atom stereocenters. The maximum absolute atomic E-state index is 13.7. The minimum Gasteiger partial charge on any atom is -0.354 e. The number of halogens is 1. The molecule has 4 nitrogen and oxygen atoms in total. The van der Waals surface area contributed by atoms with E-state index < -0.39 is 0 Å². The van der Waals surface area contributed by atoms with Gasteiger partial charge in [-0.15, -0.1) is 0 Å². The highest BCUT2D eigenvalue weighted by Crippen LogP contribution is 2.10. The summed E-state index contributed by atoms with van der Waals surface area (Å²) < 4.78 is 13.7. The van der Waals surface area contributed by atoms with Crippen LogP contribution in [-0.2, 0) is 22.6 Å². The SMILES string of the molecule is CC(=O)N(CC(=O)NCCc1ccccc1)Cc1ccccc1F. The topological polar surface area (TPSA) is 49.4 Å². The van der Waals surface area contributed by atoms with Crippen LogP contribution in [0.15, 0.2) is 54.6 Å². The fourth-order valence-corrected chi connectivity index (χ4v) is 2.33. The fourth-order valence-electron chi connectivity index (χ4n) is 2.33. The molecule has 0 aliphatic carbocycles. The van der Waals surface area contributed by atoms with Crippen LogP contribution in [-0.4, -0.2) is 29.8 Å². The Hall–Kier alpha value is -2.69. The van der Waals surface area contributed by atoms with E-state index >= 15 is 0 Å². The van der Waals surface area contributed by atoms with Crippen LogP contribution in [0.2, 0.25) is 0 Å². The Morgan fingerprint density at radius 3 is 2.38 bits per heavy atom. The third kappa shape index (κ3) is 5.50. The van der Waals surface area contributed by atoms with Gasteiger partial charge >= 0.3 is 0 Å². The highest BCUT2D eigenvalue weighted by molar-refractivity contribution is 5.83. The van der Waals surface area contributed by atoms with E-state index in [9.17, 15) is 14.0 Å². The molecule has 0 atom stereocenters. The summed E-state index contributed by atoms with van der Waals surface area (Å²) in [6.07, 6.45) is 0.722. The maximum Gasteiger partial charge on any atom is 0.239 e. The van der Waals surface area contributed by atoms with Gasteiger partial charge in [-0.1, -0.05) is 48.5 Å². The molecular formula is C19H21FN2O2. The van der Waals surface area contributed by atoms with Gasteiger partial charge in [-0.3, -0.25) is 9.59 Å². The molecule has 0 saturated carbocycles. The minimum absolute atomic E-state index is 0.0775. The Bertz CT molecular complexity index is 689. The number of nitrogens with zero attached hydrogens (tertiary/aromatic N) is 1. The number of nitrogens with one attached hydrogen (secondary N) is 1. The smallest absolute Gasteiger partial charge is 0.239 e. The number of amides is 2. The molecule has 0 bridgehead atoms. The van der Waals surface area contributed by atoms with Gasteiger partial charge < -0.3 is 10.2 Å². The zero-order chi connectivity index (χ0) is 17.4. The molecule has 1 N–H and O–H groups in total. The van der Waals surface area contributed by atoms with Gasteiger partial charge in [0.25, 0.3) is 0 Å². The fraction of sp³-hybridized carbons (Fsp3) is 0.263. The van der Waals surface area contributed by atoms with Crippen molar-refractivity contribution in [3.63, 3.8) is 0 Å². The zero-order valence-electron chi connectivity index (χ0n) is 13.7. The highest BCUT2D eigenvalue weighted by Gasteiger charge is 2.15. The zero-order valence-corrected chi connectivity index (χ0v) is 13.7. The molecule has 0 radical (unpaired) electrons. The second kappa shape index (κ2) is 8.82. The van der Waals surface area contributed by atoms with Gasteiger partial charge in [-0.05, 0) is 18.1 Å². The largest absolute Gasteiger partial charge is 0.354 e. The molecule has 0 aliphatic rings. The molecular weight excluding hydrogens is 307 g/mol. The molecule has 2 amide bonds. The van der Waals surface area contributed by atoms with Crippen LogP contribution >= 0.6 is 0 Å². The maximum atomic E-state index is 13.7. The Morgan fingerprint density at radius 2 is 1.71 bits per heavy atom. The molecule has 2 aromatic rings. The average molecular weight is 328 g/mol. The summed E-state index contributed by atoms with van der Waals surface area (Å²) in [6, 6.07) is 16.1. The van der Waals surface area contributed by atoms with Crippen molar-refractivity contribution in [2.75, 3.05) is 13.1 Å².